The van der Waals surface area contributed by atoms with Gasteiger partial charge in [-0.25, -0.2) is 9.89 Å². The molecule has 1 amide bonds. The van der Waals surface area contributed by atoms with Gasteiger partial charge in [-0.15, -0.1) is 16.4 Å². The second-order valence-electron chi connectivity index (χ2n) is 8.53. The quantitative estimate of drug-likeness (QED) is 0.364. The van der Waals surface area contributed by atoms with Crippen molar-refractivity contribution in [3.8, 4) is 22.5 Å². The molecule has 0 aliphatic heterocycles. The highest BCUT2D eigenvalue weighted by Crippen LogP contribution is 2.31. The standard InChI is InChI=1S/C26H26N6O3S/c1-3-21-22(25(34)35-4-2)32(26(36-21)27-24(33)18-13-14-18)15-16-9-11-17(12-10-16)19-7-5-6-8-20(19)23-28-30-31-29-23/h5-12,18H,3-4,13-15H2,1-2H3,(H,28,29,30,31). The zero-order valence-electron chi connectivity index (χ0n) is 20.1. The summed E-state index contributed by atoms with van der Waals surface area (Å²) in [5, 5.41) is 14.2. The van der Waals surface area contributed by atoms with Gasteiger partial charge in [0.2, 0.25) is 0 Å². The van der Waals surface area contributed by atoms with E-state index in [-0.39, 0.29) is 18.4 Å². The van der Waals surface area contributed by atoms with Gasteiger partial charge in [0.1, 0.15) is 5.69 Å². The molecule has 1 fully saturated rings. The van der Waals surface area contributed by atoms with Gasteiger partial charge in [0.05, 0.1) is 13.2 Å². The molecule has 2 aromatic carbocycles. The number of hydrogen-bond donors (Lipinski definition) is 1. The molecule has 0 spiro atoms. The van der Waals surface area contributed by atoms with E-state index < -0.39 is 5.97 Å². The summed E-state index contributed by atoms with van der Waals surface area (Å²) in [6.45, 7) is 4.45. The van der Waals surface area contributed by atoms with Crippen molar-refractivity contribution < 1.29 is 14.3 Å². The molecule has 36 heavy (non-hydrogen) atoms. The van der Waals surface area contributed by atoms with Crippen LogP contribution in [0, 0.1) is 5.92 Å². The van der Waals surface area contributed by atoms with E-state index in [4.69, 9.17) is 4.74 Å². The topological polar surface area (TPSA) is 115 Å². The number of carbonyl (C=O) groups is 2. The smallest absolute Gasteiger partial charge is 0.356 e. The largest absolute Gasteiger partial charge is 0.461 e. The van der Waals surface area contributed by atoms with Crippen molar-refractivity contribution in [1.29, 1.82) is 0 Å². The average Bonchev–Trinajstić information content (AvgIpc) is 3.50. The molecule has 1 aliphatic carbocycles. The van der Waals surface area contributed by atoms with Crippen molar-refractivity contribution >= 4 is 23.2 Å². The summed E-state index contributed by atoms with van der Waals surface area (Å²) in [4.78, 5) is 31.2. The number of ether oxygens (including phenoxy) is 1. The number of aromatic nitrogens is 5. The fourth-order valence-corrected chi connectivity index (χ4v) is 5.11. The third-order valence-electron chi connectivity index (χ3n) is 6.03. The Morgan fingerprint density at radius 1 is 1.11 bits per heavy atom. The first-order valence-electron chi connectivity index (χ1n) is 12.0. The van der Waals surface area contributed by atoms with Crippen LogP contribution < -0.4 is 4.80 Å². The number of carbonyl (C=O) groups excluding carboxylic acids is 2. The van der Waals surface area contributed by atoms with Crippen molar-refractivity contribution in [2.24, 2.45) is 10.9 Å². The first kappa shape index (κ1) is 23.8. The molecule has 1 aliphatic rings. The number of tetrazole rings is 1. The molecule has 1 saturated carbocycles. The molecule has 1 N–H and O–H groups in total. The van der Waals surface area contributed by atoms with Crippen LogP contribution in [0.1, 0.15) is 47.6 Å². The van der Waals surface area contributed by atoms with Gasteiger partial charge >= 0.3 is 5.97 Å². The van der Waals surface area contributed by atoms with Gasteiger partial charge in [-0.1, -0.05) is 55.5 Å². The molecule has 9 nitrogen and oxygen atoms in total. The molecule has 0 unspecified atom stereocenters. The van der Waals surface area contributed by atoms with E-state index in [1.54, 1.807) is 6.92 Å². The number of thiazole rings is 1. The predicted molar refractivity (Wildman–Crippen MR) is 135 cm³/mol. The number of nitrogens with zero attached hydrogens (tertiary/aromatic N) is 5. The lowest BCUT2D eigenvalue weighted by Gasteiger charge is -2.11. The molecular weight excluding hydrogens is 476 g/mol. The van der Waals surface area contributed by atoms with Gasteiger partial charge < -0.3 is 9.30 Å². The maximum absolute atomic E-state index is 12.9. The second kappa shape index (κ2) is 10.4. The number of H-pyrrole nitrogens is 1. The third-order valence-corrected chi connectivity index (χ3v) is 7.26. The van der Waals surface area contributed by atoms with Gasteiger partial charge in [-0.2, -0.15) is 4.99 Å². The Hall–Kier alpha value is -3.92. The molecular formula is C26H26N6O3S. The number of aromatic amines is 1. The number of hydrogen-bond acceptors (Lipinski definition) is 7. The monoisotopic (exact) mass is 502 g/mol. The zero-order valence-corrected chi connectivity index (χ0v) is 20.9. The minimum Gasteiger partial charge on any atom is -0.461 e. The number of benzene rings is 2. The maximum atomic E-state index is 12.9. The van der Waals surface area contributed by atoms with Gasteiger partial charge in [0, 0.05) is 16.4 Å². The van der Waals surface area contributed by atoms with Crippen LogP contribution >= 0.6 is 11.3 Å². The summed E-state index contributed by atoms with van der Waals surface area (Å²) in [5.41, 5.74) is 4.36. The van der Waals surface area contributed by atoms with E-state index in [1.807, 2.05) is 60.0 Å². The van der Waals surface area contributed by atoms with Crippen molar-refractivity contribution in [2.75, 3.05) is 6.61 Å². The summed E-state index contributed by atoms with van der Waals surface area (Å²) in [5.74, 6) is 0.103. The van der Waals surface area contributed by atoms with Crippen LogP contribution in [0.5, 0.6) is 0 Å². The van der Waals surface area contributed by atoms with E-state index in [2.05, 4.69) is 25.6 Å². The number of aryl methyl sites for hydroxylation is 1. The molecule has 5 rings (SSSR count). The second-order valence-corrected chi connectivity index (χ2v) is 9.60. The predicted octanol–water partition coefficient (Wildman–Crippen LogP) is 4.02. The summed E-state index contributed by atoms with van der Waals surface area (Å²) in [7, 11) is 0. The van der Waals surface area contributed by atoms with E-state index >= 15 is 0 Å². The van der Waals surface area contributed by atoms with Gasteiger partial charge in [-0.3, -0.25) is 4.79 Å². The van der Waals surface area contributed by atoms with Crippen LogP contribution in [-0.4, -0.2) is 43.7 Å². The van der Waals surface area contributed by atoms with Crippen LogP contribution in [0.25, 0.3) is 22.5 Å². The Balaban J connectivity index is 1.51. The van der Waals surface area contributed by atoms with Crippen molar-refractivity contribution in [2.45, 2.75) is 39.7 Å². The van der Waals surface area contributed by atoms with Crippen LogP contribution in [0.4, 0.5) is 0 Å². The van der Waals surface area contributed by atoms with E-state index in [0.29, 0.717) is 29.3 Å². The molecule has 0 bridgehead atoms. The van der Waals surface area contributed by atoms with Crippen LogP contribution in [-0.2, 0) is 22.5 Å². The minimum absolute atomic E-state index is 0.00980. The lowest BCUT2D eigenvalue weighted by molar-refractivity contribution is -0.119. The van der Waals surface area contributed by atoms with Gasteiger partial charge in [-0.05, 0) is 53.3 Å². The Bertz CT molecular complexity index is 1450. The Morgan fingerprint density at radius 2 is 1.86 bits per heavy atom. The summed E-state index contributed by atoms with van der Waals surface area (Å²) in [6.07, 6.45) is 2.41. The van der Waals surface area contributed by atoms with Crippen LogP contribution in [0.15, 0.2) is 53.5 Å². The zero-order chi connectivity index (χ0) is 25.1. The lowest BCUT2D eigenvalue weighted by atomic mass is 9.98. The summed E-state index contributed by atoms with van der Waals surface area (Å²) in [6, 6.07) is 16.0. The normalized spacial score (nSPS) is 13.7. The van der Waals surface area contributed by atoms with E-state index in [0.717, 1.165) is 40.0 Å². The molecule has 0 atom stereocenters. The van der Waals surface area contributed by atoms with Crippen molar-refractivity contribution in [3.05, 3.63) is 69.5 Å². The number of amides is 1. The molecule has 184 valence electrons. The molecule has 0 radical (unpaired) electrons. The molecule has 2 heterocycles. The average molecular weight is 503 g/mol. The first-order valence-corrected chi connectivity index (χ1v) is 12.8. The Morgan fingerprint density at radius 3 is 2.50 bits per heavy atom. The van der Waals surface area contributed by atoms with Gasteiger partial charge in [0.25, 0.3) is 5.91 Å². The Labute approximate surface area is 211 Å². The van der Waals surface area contributed by atoms with Gasteiger partial charge in [0.15, 0.2) is 10.6 Å². The number of esters is 1. The number of rotatable bonds is 8. The summed E-state index contributed by atoms with van der Waals surface area (Å²) < 4.78 is 7.18. The van der Waals surface area contributed by atoms with E-state index in [9.17, 15) is 9.59 Å². The highest BCUT2D eigenvalue weighted by Gasteiger charge is 2.30. The van der Waals surface area contributed by atoms with Crippen molar-refractivity contribution in [3.63, 3.8) is 0 Å². The third kappa shape index (κ3) is 4.90. The first-order chi connectivity index (χ1) is 17.6. The highest BCUT2D eigenvalue weighted by molar-refractivity contribution is 7.09. The van der Waals surface area contributed by atoms with E-state index in [1.165, 1.54) is 11.3 Å². The summed E-state index contributed by atoms with van der Waals surface area (Å²) >= 11 is 1.39. The Kier molecular flexibility index (Phi) is 6.86. The molecule has 4 aromatic rings. The van der Waals surface area contributed by atoms with Crippen LogP contribution in [0.2, 0.25) is 0 Å². The molecule has 0 saturated heterocycles. The minimum atomic E-state index is -0.392. The maximum Gasteiger partial charge on any atom is 0.356 e. The fraction of sp³-hybridized carbons (Fsp3) is 0.308. The van der Waals surface area contributed by atoms with Crippen molar-refractivity contribution in [1.82, 2.24) is 25.2 Å². The lowest BCUT2D eigenvalue weighted by Crippen LogP contribution is -2.24. The highest BCUT2D eigenvalue weighted by atomic mass is 32.1. The SMILES string of the molecule is CCOC(=O)c1c(CC)sc(=NC(=O)C2CC2)n1Cc1ccc(-c2ccccc2-c2nnn[nH]2)cc1. The van der Waals surface area contributed by atoms with Crippen LogP contribution in [0.3, 0.4) is 0 Å². The number of nitrogens with one attached hydrogen (secondary N) is 1. The molecule has 10 heteroatoms. The molecule has 2 aromatic heterocycles. The fourth-order valence-electron chi connectivity index (χ4n) is 4.06.